The molecule has 6 nitrogen and oxygen atoms in total. The first kappa shape index (κ1) is 16.1. The molecule has 1 saturated heterocycles. The van der Waals surface area contributed by atoms with Crippen LogP contribution in [0.3, 0.4) is 0 Å². The van der Waals surface area contributed by atoms with Crippen LogP contribution in [-0.2, 0) is 9.53 Å². The normalized spacial score (nSPS) is 14.5. The van der Waals surface area contributed by atoms with E-state index in [-0.39, 0.29) is 17.4 Å². The molecule has 126 valence electrons. The summed E-state index contributed by atoms with van der Waals surface area (Å²) in [7, 11) is 0. The topological polar surface area (TPSA) is 82.0 Å². The number of phenols is 2. The molecule has 1 heterocycles. The van der Waals surface area contributed by atoms with E-state index in [0.717, 1.165) is 0 Å². The first-order valence-electron chi connectivity index (χ1n) is 7.82. The Bertz CT molecular complexity index is 755. The number of para-hydroxylation sites is 1. The third-order valence-electron chi connectivity index (χ3n) is 3.99. The Kier molecular flexibility index (Phi) is 4.57. The number of nitrogens with one attached hydrogen (secondary N) is 1. The van der Waals surface area contributed by atoms with Crippen LogP contribution in [-0.4, -0.2) is 42.4 Å². The van der Waals surface area contributed by atoms with Gasteiger partial charge in [-0.25, -0.2) is 0 Å². The number of anilines is 2. The van der Waals surface area contributed by atoms with E-state index in [9.17, 15) is 15.0 Å². The highest BCUT2D eigenvalue weighted by Gasteiger charge is 2.22. The van der Waals surface area contributed by atoms with E-state index in [1.54, 1.807) is 36.4 Å². The van der Waals surface area contributed by atoms with Crippen molar-refractivity contribution in [1.29, 1.82) is 0 Å². The van der Waals surface area contributed by atoms with E-state index < -0.39 is 0 Å². The molecule has 0 bridgehead atoms. The molecule has 3 N–H and O–H groups in total. The van der Waals surface area contributed by atoms with Gasteiger partial charge in [0.25, 0.3) is 0 Å². The summed E-state index contributed by atoms with van der Waals surface area (Å²) in [6.07, 6.45) is 0. The quantitative estimate of drug-likeness (QED) is 0.807. The number of amides is 1. The fourth-order valence-electron chi connectivity index (χ4n) is 2.89. The monoisotopic (exact) mass is 328 g/mol. The maximum absolute atomic E-state index is 11.5. The van der Waals surface area contributed by atoms with Crippen LogP contribution in [0, 0.1) is 0 Å². The van der Waals surface area contributed by atoms with Gasteiger partial charge in [0.1, 0.15) is 11.5 Å². The van der Waals surface area contributed by atoms with Crippen molar-refractivity contribution >= 4 is 17.3 Å². The van der Waals surface area contributed by atoms with Crippen LogP contribution in [0.25, 0.3) is 11.1 Å². The van der Waals surface area contributed by atoms with E-state index in [2.05, 4.69) is 5.32 Å². The maximum atomic E-state index is 11.5. The summed E-state index contributed by atoms with van der Waals surface area (Å²) in [5.41, 5.74) is 1.99. The molecule has 24 heavy (non-hydrogen) atoms. The van der Waals surface area contributed by atoms with E-state index in [4.69, 9.17) is 4.74 Å². The minimum absolute atomic E-state index is 0.0321. The van der Waals surface area contributed by atoms with Crippen molar-refractivity contribution < 1.29 is 19.7 Å². The lowest BCUT2D eigenvalue weighted by molar-refractivity contribution is -0.114. The number of hydrogen-bond acceptors (Lipinski definition) is 5. The zero-order valence-corrected chi connectivity index (χ0v) is 13.5. The molecule has 1 aliphatic rings. The summed E-state index contributed by atoms with van der Waals surface area (Å²) in [6, 6.07) is 10.3. The average Bonchev–Trinajstić information content (AvgIpc) is 2.57. The van der Waals surface area contributed by atoms with Crippen molar-refractivity contribution in [3.8, 4) is 22.6 Å². The number of aromatic hydroxyl groups is 2. The van der Waals surface area contributed by atoms with E-state index in [0.29, 0.717) is 48.8 Å². The Morgan fingerprint density at radius 2 is 1.83 bits per heavy atom. The Morgan fingerprint density at radius 3 is 2.50 bits per heavy atom. The molecule has 6 heteroatoms. The molecule has 3 rings (SSSR count). The van der Waals surface area contributed by atoms with Crippen molar-refractivity contribution in [1.82, 2.24) is 0 Å². The number of rotatable bonds is 3. The highest BCUT2D eigenvalue weighted by atomic mass is 16.5. The smallest absolute Gasteiger partial charge is 0.221 e. The van der Waals surface area contributed by atoms with Crippen LogP contribution in [0.15, 0.2) is 36.4 Å². The Labute approximate surface area is 140 Å². The zero-order valence-electron chi connectivity index (χ0n) is 13.5. The van der Waals surface area contributed by atoms with Crippen molar-refractivity contribution in [3.05, 3.63) is 36.4 Å². The number of benzene rings is 2. The lowest BCUT2D eigenvalue weighted by Crippen LogP contribution is -2.36. The molecule has 2 aromatic rings. The molecule has 0 aliphatic carbocycles. The minimum Gasteiger partial charge on any atom is -0.507 e. The van der Waals surface area contributed by atoms with Crippen LogP contribution in [0.5, 0.6) is 11.5 Å². The molecular formula is C18H20N2O4. The summed E-state index contributed by atoms with van der Waals surface area (Å²) < 4.78 is 5.35. The third kappa shape index (κ3) is 3.14. The lowest BCUT2D eigenvalue weighted by atomic mass is 9.99. The molecule has 0 unspecified atom stereocenters. The van der Waals surface area contributed by atoms with Gasteiger partial charge in [0, 0.05) is 25.6 Å². The average molecular weight is 328 g/mol. The summed E-state index contributed by atoms with van der Waals surface area (Å²) in [5.74, 6) is -0.173. The second-order valence-corrected chi connectivity index (χ2v) is 5.65. The number of phenolic OH excluding ortho intramolecular Hbond substituents is 2. The van der Waals surface area contributed by atoms with Crippen LogP contribution in [0.1, 0.15) is 6.92 Å². The van der Waals surface area contributed by atoms with Gasteiger partial charge in [-0.15, -0.1) is 0 Å². The largest absolute Gasteiger partial charge is 0.507 e. The predicted molar refractivity (Wildman–Crippen MR) is 92.5 cm³/mol. The van der Waals surface area contributed by atoms with Crippen molar-refractivity contribution in [2.45, 2.75) is 6.92 Å². The van der Waals surface area contributed by atoms with Gasteiger partial charge in [-0.1, -0.05) is 18.2 Å². The number of nitrogens with zero attached hydrogens (tertiary/aromatic N) is 1. The van der Waals surface area contributed by atoms with Gasteiger partial charge in [-0.2, -0.15) is 0 Å². The van der Waals surface area contributed by atoms with Crippen molar-refractivity contribution in [3.63, 3.8) is 0 Å². The second-order valence-electron chi connectivity index (χ2n) is 5.65. The number of hydrogen-bond donors (Lipinski definition) is 3. The molecular weight excluding hydrogens is 308 g/mol. The highest BCUT2D eigenvalue weighted by Crippen LogP contribution is 2.45. The number of morpholine rings is 1. The van der Waals surface area contributed by atoms with Gasteiger partial charge in [0.2, 0.25) is 5.91 Å². The SMILES string of the molecule is CC(=O)Nc1ccc(N2CCOCC2)c(O)c1-c1ccccc1O. The van der Waals surface area contributed by atoms with Crippen LogP contribution >= 0.6 is 0 Å². The number of ether oxygens (including phenoxy) is 1. The molecule has 0 atom stereocenters. The number of carbonyl (C=O) groups is 1. The van der Waals surface area contributed by atoms with E-state index >= 15 is 0 Å². The third-order valence-corrected chi connectivity index (χ3v) is 3.99. The Hall–Kier alpha value is -2.73. The first-order chi connectivity index (χ1) is 11.6. The fourth-order valence-corrected chi connectivity index (χ4v) is 2.89. The predicted octanol–water partition coefficient (Wildman–Crippen LogP) is 2.56. The van der Waals surface area contributed by atoms with E-state index in [1.165, 1.54) is 6.92 Å². The second kappa shape index (κ2) is 6.80. The van der Waals surface area contributed by atoms with Crippen molar-refractivity contribution in [2.24, 2.45) is 0 Å². The van der Waals surface area contributed by atoms with Gasteiger partial charge in [0.15, 0.2) is 0 Å². The van der Waals surface area contributed by atoms with E-state index in [1.807, 2.05) is 4.90 Å². The molecule has 0 saturated carbocycles. The lowest BCUT2D eigenvalue weighted by Gasteiger charge is -2.30. The summed E-state index contributed by atoms with van der Waals surface area (Å²) >= 11 is 0. The van der Waals surface area contributed by atoms with Crippen LogP contribution in [0.4, 0.5) is 11.4 Å². The zero-order chi connectivity index (χ0) is 17.1. The Morgan fingerprint density at radius 1 is 1.12 bits per heavy atom. The first-order valence-corrected chi connectivity index (χ1v) is 7.82. The van der Waals surface area contributed by atoms with Gasteiger partial charge >= 0.3 is 0 Å². The molecule has 0 aromatic heterocycles. The van der Waals surface area contributed by atoms with Gasteiger partial charge in [-0.05, 0) is 18.2 Å². The highest BCUT2D eigenvalue weighted by molar-refractivity contribution is 5.98. The molecule has 2 aromatic carbocycles. The minimum atomic E-state index is -0.245. The van der Waals surface area contributed by atoms with Crippen LogP contribution < -0.4 is 10.2 Å². The molecule has 0 radical (unpaired) electrons. The fraction of sp³-hybridized carbons (Fsp3) is 0.278. The molecule has 1 amide bonds. The van der Waals surface area contributed by atoms with Gasteiger partial charge in [0.05, 0.1) is 30.2 Å². The van der Waals surface area contributed by atoms with Crippen molar-refractivity contribution in [2.75, 3.05) is 36.5 Å². The summed E-state index contributed by atoms with van der Waals surface area (Å²) in [6.45, 7) is 3.94. The summed E-state index contributed by atoms with van der Waals surface area (Å²) in [4.78, 5) is 13.5. The van der Waals surface area contributed by atoms with Crippen LogP contribution in [0.2, 0.25) is 0 Å². The van der Waals surface area contributed by atoms with Gasteiger partial charge < -0.3 is 25.2 Å². The number of carbonyl (C=O) groups excluding carboxylic acids is 1. The molecule has 0 spiro atoms. The molecule has 1 fully saturated rings. The standard InChI is InChI=1S/C18H20N2O4/c1-12(21)19-14-6-7-15(20-8-10-24-11-9-20)18(23)17(14)13-4-2-3-5-16(13)22/h2-7,22-23H,8-11H2,1H3,(H,19,21). The summed E-state index contributed by atoms with van der Waals surface area (Å²) in [5, 5.41) is 23.8. The maximum Gasteiger partial charge on any atom is 0.221 e. The molecule has 1 aliphatic heterocycles. The Balaban J connectivity index is 2.14. The van der Waals surface area contributed by atoms with Gasteiger partial charge in [-0.3, -0.25) is 4.79 Å².